The van der Waals surface area contributed by atoms with Crippen molar-refractivity contribution in [3.63, 3.8) is 0 Å². The number of rotatable bonds is 16. The summed E-state index contributed by atoms with van der Waals surface area (Å²) < 4.78 is 69.7. The molecule has 10 rings (SSSR count). The van der Waals surface area contributed by atoms with Gasteiger partial charge in [-0.15, -0.1) is 0 Å². The number of fused-ring (bicyclic) bond motifs is 4. The molecule has 10 aliphatic rings. The second kappa shape index (κ2) is 25.8. The number of esters is 2. The van der Waals surface area contributed by atoms with Crippen molar-refractivity contribution in [3.8, 4) is 0 Å². The molecule has 0 aromatic carbocycles. The van der Waals surface area contributed by atoms with E-state index in [1.54, 1.807) is 26.8 Å². The largest absolute Gasteiger partial charge is 0.479 e. The van der Waals surface area contributed by atoms with Gasteiger partial charge < -0.3 is 124 Å². The molecular formula is C64H102O28. The van der Waals surface area contributed by atoms with Gasteiger partial charge in [0.2, 0.25) is 0 Å². The van der Waals surface area contributed by atoms with Gasteiger partial charge in [0.15, 0.2) is 37.6 Å². The highest BCUT2D eigenvalue weighted by Gasteiger charge is 2.86. The Morgan fingerprint density at radius 2 is 1.16 bits per heavy atom. The van der Waals surface area contributed by atoms with Gasteiger partial charge in [-0.3, -0.25) is 4.79 Å². The zero-order valence-electron chi connectivity index (χ0n) is 54.6. The van der Waals surface area contributed by atoms with Gasteiger partial charge in [-0.25, -0.2) is 9.59 Å². The van der Waals surface area contributed by atoms with Gasteiger partial charge in [0, 0.05) is 16.9 Å². The van der Waals surface area contributed by atoms with Crippen LogP contribution in [0, 0.1) is 56.2 Å². The minimum Gasteiger partial charge on any atom is -0.479 e. The van der Waals surface area contributed by atoms with E-state index in [9.17, 15) is 85.9 Å². The molecule has 5 saturated heterocycles. The SMILES string of the molecule is C/C=C(/C)C(=O)O[C@H]1[C@H](O)C(C)(C)C[C@@H]2[C@]13[C@@H](O)O[C@@]21CC[C@@H]2[C@@]4(C)CC[C@H](O[C@@H]5O[C@H](C(=O)O)[C@@H](O)[C@H](O[C@@H]6O[C@H](CO)[C@H](O)[C@H](O)[C@H]6O[C@@H]6O[C@@H](C)[C@H](O)[C@@H](O)[C@H]6O)[C@H]5O[C@@H]5O[C@H](CO)[C@H](O)[C@H](O)[C@H]5O)C(C)(C)[C@@H]4CC[C@@]2(C)[C@]1(C)C[C@H]3OC(=O)[C@H](C)CC. The molecule has 0 amide bonds. The highest BCUT2D eigenvalue weighted by atomic mass is 16.8. The number of carboxylic acids is 1. The third kappa shape index (κ3) is 11.1. The standard InChI is InChI=1S/C64H102O28/c1-13-25(3)51(79)85-34-22-62(12)61(11)19-15-30-59(8,9)33(17-18-60(30,10)31(61)16-20-63(62)32-21-58(6,7)48(76)49(64(32,34)57(81)92-63)91-52(80)26(4)14-2)86-56-47(90-54-42(74)39(71)36(68)28(23-65)83-54)44(43(75)45(88-56)50(77)78)87-55-46(40(72)37(69)29(24-66)84-55)89-53-41(73)38(70)35(67)27(5)82-53/h14,25,27-49,53-57,65-76,81H,13,15-24H2,1-12H3,(H,77,78)/b26-14-/t25-,27+,28-,29-,30+,31-,32+,33+,34-,35+,36+,37+,38-,39+,40+,41-,42-,43+,44+,45+,46-,47-,48+,49+,53+,54+,55+,56-,57+,60+,61-,62+,63+,64-/m1/s1. The van der Waals surface area contributed by atoms with Crippen molar-refractivity contribution in [1.29, 1.82) is 0 Å². The molecular weight excluding hydrogens is 1220 g/mol. The van der Waals surface area contributed by atoms with E-state index >= 15 is 0 Å². The Morgan fingerprint density at radius 1 is 0.598 bits per heavy atom. The van der Waals surface area contributed by atoms with Gasteiger partial charge in [0.1, 0.15) is 103 Å². The summed E-state index contributed by atoms with van der Waals surface area (Å²) in [5.74, 6) is -4.28. The van der Waals surface area contributed by atoms with Crippen LogP contribution < -0.4 is 0 Å². The molecule has 1 spiro atoms. The van der Waals surface area contributed by atoms with E-state index < -0.39 is 235 Å². The fourth-order valence-corrected chi connectivity index (χ4v) is 19.2. The summed E-state index contributed by atoms with van der Waals surface area (Å²) in [6, 6.07) is 0. The first-order valence-corrected chi connectivity index (χ1v) is 32.8. The number of ether oxygens (including phenoxy) is 11. The summed E-state index contributed by atoms with van der Waals surface area (Å²) in [5.41, 5.74) is -6.05. The van der Waals surface area contributed by atoms with Crippen molar-refractivity contribution in [3.05, 3.63) is 11.6 Å². The van der Waals surface area contributed by atoms with Crippen molar-refractivity contribution in [1.82, 2.24) is 0 Å². The Balaban J connectivity index is 0.996. The lowest BCUT2D eigenvalue weighted by atomic mass is 9.30. The lowest BCUT2D eigenvalue weighted by Crippen LogP contribution is -2.77. The number of hydrogen-bond donors (Lipinski definition) is 14. The first-order valence-electron chi connectivity index (χ1n) is 32.8. The zero-order chi connectivity index (χ0) is 67.8. The maximum absolute atomic E-state index is 14.3. The van der Waals surface area contributed by atoms with E-state index in [1.807, 2.05) is 34.6 Å². The van der Waals surface area contributed by atoms with Crippen LogP contribution in [-0.2, 0) is 66.5 Å². The maximum atomic E-state index is 14.3. The highest BCUT2D eigenvalue weighted by Crippen LogP contribution is 2.82. The van der Waals surface area contributed by atoms with Crippen LogP contribution in [0.25, 0.3) is 0 Å². The van der Waals surface area contributed by atoms with Crippen LogP contribution in [-0.4, -0.2) is 262 Å². The molecule has 34 atom stereocenters. The van der Waals surface area contributed by atoms with Crippen LogP contribution in [0.2, 0.25) is 0 Å². The maximum Gasteiger partial charge on any atom is 0.335 e. The van der Waals surface area contributed by atoms with Gasteiger partial charge in [-0.2, -0.15) is 0 Å². The number of carbonyl (C=O) groups excluding carboxylic acids is 2. The van der Waals surface area contributed by atoms with Crippen LogP contribution in [0.4, 0.5) is 0 Å². The molecule has 2 bridgehead atoms. The average molecular weight is 1320 g/mol. The molecule has 0 radical (unpaired) electrons. The van der Waals surface area contributed by atoms with Crippen molar-refractivity contribution in [2.45, 2.75) is 300 Å². The van der Waals surface area contributed by atoms with E-state index in [4.69, 9.17) is 52.1 Å². The second-order valence-corrected chi connectivity index (χ2v) is 30.4. The predicted molar refractivity (Wildman–Crippen MR) is 312 cm³/mol. The third-order valence-corrected chi connectivity index (χ3v) is 25.0. The van der Waals surface area contributed by atoms with Gasteiger partial charge in [0.25, 0.3) is 0 Å². The minimum atomic E-state index is -2.30. The summed E-state index contributed by atoms with van der Waals surface area (Å²) in [6.07, 6.45) is -38.9. The summed E-state index contributed by atoms with van der Waals surface area (Å²) in [6.45, 7) is 21.0. The Labute approximate surface area is 535 Å². The lowest BCUT2D eigenvalue weighted by Gasteiger charge is -2.75. The summed E-state index contributed by atoms with van der Waals surface area (Å²) in [4.78, 5) is 41.6. The number of aliphatic hydroxyl groups excluding tert-OH is 13. The number of aliphatic carboxylic acids is 1. The zero-order valence-corrected chi connectivity index (χ0v) is 54.6. The molecule has 0 aromatic heterocycles. The van der Waals surface area contributed by atoms with Crippen LogP contribution in [0.5, 0.6) is 0 Å². The minimum absolute atomic E-state index is 0.0750. The molecule has 0 aromatic rings. The number of hydrogen-bond acceptors (Lipinski definition) is 27. The monoisotopic (exact) mass is 1320 g/mol. The summed E-state index contributed by atoms with van der Waals surface area (Å²) in [7, 11) is 0. The van der Waals surface area contributed by atoms with E-state index in [0.29, 0.717) is 50.5 Å². The molecule has 0 unspecified atom stereocenters. The van der Waals surface area contributed by atoms with E-state index in [-0.39, 0.29) is 24.7 Å². The lowest BCUT2D eigenvalue weighted by molar-refractivity contribution is -0.406. The van der Waals surface area contributed by atoms with Crippen LogP contribution in [0.1, 0.15) is 141 Å². The van der Waals surface area contributed by atoms with Crippen LogP contribution in [0.15, 0.2) is 11.6 Å². The quantitative estimate of drug-likeness (QED) is 0.0508. The van der Waals surface area contributed by atoms with Gasteiger partial charge in [0.05, 0.1) is 43.0 Å². The fourth-order valence-electron chi connectivity index (χ4n) is 19.2. The number of allylic oxidation sites excluding steroid dienone is 1. The molecule has 5 aliphatic carbocycles. The second-order valence-electron chi connectivity index (χ2n) is 30.4. The van der Waals surface area contributed by atoms with Gasteiger partial charge in [-0.1, -0.05) is 68.4 Å². The van der Waals surface area contributed by atoms with Crippen molar-refractivity contribution in [2.75, 3.05) is 13.2 Å². The smallest absolute Gasteiger partial charge is 0.335 e. The predicted octanol–water partition coefficient (Wildman–Crippen LogP) is -0.857. The molecule has 526 valence electrons. The number of aliphatic hydroxyl groups is 13. The highest BCUT2D eigenvalue weighted by molar-refractivity contribution is 5.87. The van der Waals surface area contributed by atoms with E-state index in [0.717, 1.165) is 0 Å². The molecule has 28 heteroatoms. The normalized spacial score (nSPS) is 52.5. The molecule has 92 heavy (non-hydrogen) atoms. The van der Waals surface area contributed by atoms with Crippen LogP contribution >= 0.6 is 0 Å². The van der Waals surface area contributed by atoms with E-state index in [2.05, 4.69) is 20.8 Å². The molecule has 14 N–H and O–H groups in total. The first-order chi connectivity index (χ1) is 42.9. The van der Waals surface area contributed by atoms with Gasteiger partial charge in [-0.05, 0) is 112 Å². The van der Waals surface area contributed by atoms with E-state index in [1.165, 1.54) is 6.92 Å². The summed E-state index contributed by atoms with van der Waals surface area (Å²) in [5, 5.41) is 157. The molecule has 5 aliphatic heterocycles. The number of carbonyl (C=O) groups is 3. The third-order valence-electron chi connectivity index (χ3n) is 25.0. The topological polar surface area (TPSA) is 436 Å². The molecule has 28 nitrogen and oxygen atoms in total. The Kier molecular flexibility index (Phi) is 20.2. The average Bonchev–Trinajstić information content (AvgIpc) is 1.37. The molecule has 5 saturated carbocycles. The van der Waals surface area contributed by atoms with Gasteiger partial charge >= 0.3 is 17.9 Å². The Morgan fingerprint density at radius 3 is 1.77 bits per heavy atom. The van der Waals surface area contributed by atoms with Crippen molar-refractivity contribution in [2.24, 2.45) is 56.2 Å². The molecule has 10 fully saturated rings. The van der Waals surface area contributed by atoms with Crippen molar-refractivity contribution < 1.29 is 138 Å². The Bertz CT molecular complexity index is 2700. The number of carboxylic acid groups (broad SMARTS) is 1. The fraction of sp³-hybridized carbons (Fsp3) is 0.922. The van der Waals surface area contributed by atoms with Crippen molar-refractivity contribution >= 4 is 17.9 Å². The Hall–Kier alpha value is -2.73. The summed E-state index contributed by atoms with van der Waals surface area (Å²) >= 11 is 0. The first kappa shape index (κ1) is 72.0. The van der Waals surface area contributed by atoms with Crippen LogP contribution in [0.3, 0.4) is 0 Å². The molecule has 5 heterocycles.